The predicted molar refractivity (Wildman–Crippen MR) is 176 cm³/mol. The summed E-state index contributed by atoms with van der Waals surface area (Å²) in [7, 11) is 1.61. The Kier molecular flexibility index (Phi) is 9.53. The van der Waals surface area contributed by atoms with E-state index >= 15 is 0 Å². The highest BCUT2D eigenvalue weighted by molar-refractivity contribution is 7.21. The number of thiophene rings is 1. The van der Waals surface area contributed by atoms with E-state index < -0.39 is 6.10 Å². The molecule has 4 atom stereocenters. The van der Waals surface area contributed by atoms with Gasteiger partial charge < -0.3 is 18.9 Å². The zero-order valence-electron chi connectivity index (χ0n) is 25.4. The van der Waals surface area contributed by atoms with Crippen LogP contribution in [0.25, 0.3) is 10.1 Å². The van der Waals surface area contributed by atoms with Crippen LogP contribution in [0.4, 0.5) is 0 Å². The molecule has 1 aromatic heterocycles. The second-order valence-electron chi connectivity index (χ2n) is 11.3. The van der Waals surface area contributed by atoms with Gasteiger partial charge in [0, 0.05) is 11.1 Å². The van der Waals surface area contributed by atoms with Gasteiger partial charge in [0.25, 0.3) is 0 Å². The van der Waals surface area contributed by atoms with Crippen LogP contribution in [-0.4, -0.2) is 31.2 Å². The van der Waals surface area contributed by atoms with Crippen LogP contribution in [0.15, 0.2) is 103 Å². The second-order valence-corrected chi connectivity index (χ2v) is 12.4. The first-order valence-electron chi connectivity index (χ1n) is 15.2. The molecule has 0 aliphatic carbocycles. The van der Waals surface area contributed by atoms with Crippen molar-refractivity contribution in [2.45, 2.75) is 64.3 Å². The molecule has 226 valence electrons. The Morgan fingerprint density at radius 2 is 1.52 bits per heavy atom. The number of hydrogen-bond donors (Lipinski definition) is 0. The molecule has 44 heavy (non-hydrogen) atoms. The lowest BCUT2D eigenvalue weighted by Crippen LogP contribution is -2.46. The number of rotatable bonds is 11. The number of methoxy groups -OCH3 is 1. The van der Waals surface area contributed by atoms with Crippen LogP contribution in [0.2, 0.25) is 0 Å². The van der Waals surface area contributed by atoms with Crippen molar-refractivity contribution in [3.63, 3.8) is 0 Å². The molecule has 0 unspecified atom stereocenters. The standard InChI is InChI=1S/C38H38O5S/c1-4-29-21-33(41-23-26-13-7-5-8-14-26)38(42-24-27-15-9-6-10-16-27)37(43-29)30-22-31(32(40-3)19-25(30)2)36(39)35-20-28-17-11-12-18-34(28)44-35/h5-20,22,29,33,37-38H,4,21,23-24H2,1-3H3/t29-,33+,37+,38-/m1/s1. The molecule has 5 nitrogen and oxygen atoms in total. The van der Waals surface area contributed by atoms with Crippen LogP contribution in [0, 0.1) is 6.92 Å². The fourth-order valence-corrected chi connectivity index (χ4v) is 6.94. The van der Waals surface area contributed by atoms with Crippen molar-refractivity contribution in [1.29, 1.82) is 0 Å². The summed E-state index contributed by atoms with van der Waals surface area (Å²) in [6.45, 7) is 5.09. The van der Waals surface area contributed by atoms with Crippen molar-refractivity contribution in [3.8, 4) is 5.75 Å². The lowest BCUT2D eigenvalue weighted by Gasteiger charge is -2.42. The summed E-state index contributed by atoms with van der Waals surface area (Å²) in [6.07, 6.45) is 0.531. The van der Waals surface area contributed by atoms with Crippen LogP contribution >= 0.6 is 11.3 Å². The van der Waals surface area contributed by atoms with E-state index in [1.165, 1.54) is 11.3 Å². The monoisotopic (exact) mass is 606 g/mol. The Bertz CT molecular complexity index is 1660. The third kappa shape index (κ3) is 6.64. The first kappa shape index (κ1) is 30.2. The maximum atomic E-state index is 14.0. The zero-order chi connectivity index (χ0) is 30.5. The fourth-order valence-electron chi connectivity index (χ4n) is 5.92. The average molecular weight is 607 g/mol. The van der Waals surface area contributed by atoms with Crippen LogP contribution in [0.5, 0.6) is 5.75 Å². The van der Waals surface area contributed by atoms with Gasteiger partial charge in [-0.25, -0.2) is 0 Å². The summed E-state index contributed by atoms with van der Waals surface area (Å²) in [5, 5.41) is 1.06. The number of ether oxygens (including phenoxy) is 4. The molecular formula is C38H38O5S. The SMILES string of the molecule is CC[C@@H]1C[C@H](OCc2ccccc2)[C@@H](OCc2ccccc2)[C@H](c2cc(C(=O)c3cc4ccccc4s3)c(OC)cc2C)O1. The van der Waals surface area contributed by atoms with Gasteiger partial charge in [0.2, 0.25) is 5.78 Å². The van der Waals surface area contributed by atoms with Crippen LogP contribution < -0.4 is 4.74 Å². The number of carbonyl (C=O) groups excluding carboxylic acids is 1. The Hall–Kier alpha value is -3.81. The highest BCUT2D eigenvalue weighted by atomic mass is 32.1. The molecule has 0 N–H and O–H groups in total. The highest BCUT2D eigenvalue weighted by Gasteiger charge is 2.42. The van der Waals surface area contributed by atoms with Crippen LogP contribution in [0.3, 0.4) is 0 Å². The number of fused-ring (bicyclic) bond motifs is 1. The minimum absolute atomic E-state index is 0.0133. The smallest absolute Gasteiger partial charge is 0.206 e. The van der Waals surface area contributed by atoms with Gasteiger partial charge in [-0.3, -0.25) is 4.79 Å². The summed E-state index contributed by atoms with van der Waals surface area (Å²) in [5.41, 5.74) is 4.61. The Morgan fingerprint density at radius 3 is 2.18 bits per heavy atom. The van der Waals surface area contributed by atoms with Crippen molar-refractivity contribution < 1.29 is 23.7 Å². The minimum Gasteiger partial charge on any atom is -0.496 e. The van der Waals surface area contributed by atoms with Gasteiger partial charge in [-0.2, -0.15) is 0 Å². The Balaban J connectivity index is 1.37. The van der Waals surface area contributed by atoms with Crippen molar-refractivity contribution in [3.05, 3.63) is 136 Å². The van der Waals surface area contributed by atoms with Gasteiger partial charge >= 0.3 is 0 Å². The van der Waals surface area contributed by atoms with E-state index in [9.17, 15) is 4.79 Å². The average Bonchev–Trinajstić information content (AvgIpc) is 3.51. The van der Waals surface area contributed by atoms with E-state index in [1.54, 1.807) is 7.11 Å². The van der Waals surface area contributed by atoms with E-state index in [1.807, 2.05) is 85.8 Å². The van der Waals surface area contributed by atoms with Gasteiger partial charge in [-0.05, 0) is 65.3 Å². The topological polar surface area (TPSA) is 54.0 Å². The van der Waals surface area contributed by atoms with E-state index in [0.29, 0.717) is 29.4 Å². The molecule has 4 aromatic carbocycles. The van der Waals surface area contributed by atoms with Gasteiger partial charge in [0.15, 0.2) is 0 Å². The third-order valence-electron chi connectivity index (χ3n) is 8.34. The normalized spacial score (nSPS) is 20.1. The third-order valence-corrected chi connectivity index (χ3v) is 9.45. The summed E-state index contributed by atoms with van der Waals surface area (Å²) in [4.78, 5) is 14.7. The molecule has 6 heteroatoms. The van der Waals surface area contributed by atoms with Crippen LogP contribution in [0.1, 0.15) is 63.4 Å². The van der Waals surface area contributed by atoms with Crippen molar-refractivity contribution in [1.82, 2.24) is 0 Å². The summed E-state index contributed by atoms with van der Waals surface area (Å²) < 4.78 is 27.0. The number of benzene rings is 4. The quantitative estimate of drug-likeness (QED) is 0.141. The van der Waals surface area contributed by atoms with Gasteiger partial charge in [-0.15, -0.1) is 11.3 Å². The zero-order valence-corrected chi connectivity index (χ0v) is 26.2. The van der Waals surface area contributed by atoms with Gasteiger partial charge in [0.1, 0.15) is 18.0 Å². The molecule has 1 aliphatic rings. The van der Waals surface area contributed by atoms with Crippen molar-refractivity contribution in [2.24, 2.45) is 0 Å². The highest BCUT2D eigenvalue weighted by Crippen LogP contribution is 2.41. The Morgan fingerprint density at radius 1 is 0.864 bits per heavy atom. The van der Waals surface area contributed by atoms with Crippen LogP contribution in [-0.2, 0) is 27.4 Å². The molecule has 1 aliphatic heterocycles. The summed E-state index contributed by atoms with van der Waals surface area (Å²) in [5.74, 6) is 0.487. The molecule has 0 bridgehead atoms. The molecule has 1 fully saturated rings. The van der Waals surface area contributed by atoms with E-state index in [0.717, 1.165) is 45.2 Å². The lowest BCUT2D eigenvalue weighted by atomic mass is 9.88. The second kappa shape index (κ2) is 13.9. The summed E-state index contributed by atoms with van der Waals surface area (Å²) >= 11 is 1.50. The molecule has 2 heterocycles. The molecule has 5 aromatic rings. The largest absolute Gasteiger partial charge is 0.496 e. The molecule has 6 rings (SSSR count). The lowest BCUT2D eigenvalue weighted by molar-refractivity contribution is -0.211. The maximum absolute atomic E-state index is 14.0. The number of carbonyl (C=O) groups is 1. The molecule has 1 saturated heterocycles. The summed E-state index contributed by atoms with van der Waals surface area (Å²) in [6, 6.07) is 34.3. The first-order chi connectivity index (χ1) is 21.5. The fraction of sp³-hybridized carbons (Fsp3) is 0.289. The molecule has 0 saturated carbocycles. The van der Waals surface area contributed by atoms with E-state index in [4.69, 9.17) is 18.9 Å². The Labute approximate surface area is 263 Å². The van der Waals surface area contributed by atoms with Gasteiger partial charge in [-0.1, -0.05) is 85.8 Å². The number of ketones is 1. The molecule has 0 amide bonds. The first-order valence-corrected chi connectivity index (χ1v) is 16.0. The minimum atomic E-state index is -0.432. The van der Waals surface area contributed by atoms with E-state index in [2.05, 4.69) is 31.2 Å². The predicted octanol–water partition coefficient (Wildman–Crippen LogP) is 8.86. The van der Waals surface area contributed by atoms with Gasteiger partial charge in [0.05, 0.1) is 43.0 Å². The van der Waals surface area contributed by atoms with Crippen molar-refractivity contribution >= 4 is 27.2 Å². The molecule has 0 radical (unpaired) electrons. The molecular weight excluding hydrogens is 568 g/mol. The number of aryl methyl sites for hydroxylation is 1. The van der Waals surface area contributed by atoms with E-state index in [-0.39, 0.29) is 24.1 Å². The maximum Gasteiger partial charge on any atom is 0.206 e. The molecule has 0 spiro atoms. The number of hydrogen-bond acceptors (Lipinski definition) is 6. The van der Waals surface area contributed by atoms with Crippen molar-refractivity contribution in [2.75, 3.05) is 7.11 Å².